The minimum Gasteiger partial charge on any atom is -0.477 e. The summed E-state index contributed by atoms with van der Waals surface area (Å²) in [6, 6.07) is 14.3. The smallest absolute Gasteiger partial charge is 0.348 e. The number of anilines is 1. The van der Waals surface area contributed by atoms with Gasteiger partial charge in [-0.3, -0.25) is 4.79 Å². The molecule has 2 N–H and O–H groups in total. The van der Waals surface area contributed by atoms with Gasteiger partial charge in [-0.15, -0.1) is 22.7 Å². The summed E-state index contributed by atoms with van der Waals surface area (Å²) in [6.07, 6.45) is 0. The van der Waals surface area contributed by atoms with Crippen LogP contribution in [0.4, 0.5) is 5.69 Å². The Morgan fingerprint density at radius 1 is 1.04 bits per heavy atom. The topological polar surface area (TPSA) is 66.4 Å². The molecular weight excluding hydrogens is 354 g/mol. The standard InChI is InChI=1S/C16H10ClNO3S2/c17-13-7-6-11(22-13)15(19)18-10-8-12(23-14(10)16(20)21)9-4-2-1-3-5-9/h1-8H,(H,18,19)(H,20,21). The van der Waals surface area contributed by atoms with Crippen LogP contribution >= 0.6 is 34.3 Å². The SMILES string of the molecule is O=C(Nc1cc(-c2ccccc2)sc1C(=O)O)c1ccc(Cl)s1. The van der Waals surface area contributed by atoms with E-state index < -0.39 is 5.97 Å². The van der Waals surface area contributed by atoms with Gasteiger partial charge in [-0.05, 0) is 23.8 Å². The van der Waals surface area contributed by atoms with E-state index >= 15 is 0 Å². The number of amides is 1. The van der Waals surface area contributed by atoms with Crippen molar-refractivity contribution in [1.82, 2.24) is 0 Å². The van der Waals surface area contributed by atoms with Gasteiger partial charge in [0.15, 0.2) is 0 Å². The van der Waals surface area contributed by atoms with E-state index in [-0.39, 0.29) is 16.5 Å². The van der Waals surface area contributed by atoms with Crippen LogP contribution in [-0.4, -0.2) is 17.0 Å². The highest BCUT2D eigenvalue weighted by Crippen LogP contribution is 2.35. The monoisotopic (exact) mass is 363 g/mol. The molecule has 0 saturated heterocycles. The third-order valence-electron chi connectivity index (χ3n) is 3.03. The largest absolute Gasteiger partial charge is 0.477 e. The van der Waals surface area contributed by atoms with Crippen LogP contribution in [0.5, 0.6) is 0 Å². The molecule has 1 amide bonds. The summed E-state index contributed by atoms with van der Waals surface area (Å²) in [5.74, 6) is -1.45. The minimum absolute atomic E-state index is 0.0971. The first kappa shape index (κ1) is 15.7. The second kappa shape index (κ2) is 6.54. The molecule has 3 rings (SSSR count). The van der Waals surface area contributed by atoms with Crippen molar-refractivity contribution >= 4 is 51.8 Å². The highest BCUT2D eigenvalue weighted by Gasteiger charge is 2.19. The van der Waals surface area contributed by atoms with Crippen LogP contribution in [0.15, 0.2) is 48.5 Å². The number of carbonyl (C=O) groups is 2. The Balaban J connectivity index is 1.93. The summed E-state index contributed by atoms with van der Waals surface area (Å²) in [5.41, 5.74) is 1.19. The van der Waals surface area contributed by atoms with E-state index in [9.17, 15) is 14.7 Å². The fourth-order valence-electron chi connectivity index (χ4n) is 2.01. The number of carboxylic acids is 1. The van der Waals surface area contributed by atoms with Gasteiger partial charge in [0.05, 0.1) is 14.9 Å². The molecule has 0 spiro atoms. The van der Waals surface area contributed by atoms with Crippen LogP contribution < -0.4 is 5.32 Å². The number of carboxylic acid groups (broad SMARTS) is 1. The molecule has 3 aromatic rings. The van der Waals surface area contributed by atoms with Crippen LogP contribution in [-0.2, 0) is 0 Å². The Kier molecular flexibility index (Phi) is 4.47. The predicted octanol–water partition coefficient (Wildman–Crippen LogP) is 5.08. The van der Waals surface area contributed by atoms with Crippen LogP contribution in [0.3, 0.4) is 0 Å². The van der Waals surface area contributed by atoms with Gasteiger partial charge in [-0.2, -0.15) is 0 Å². The summed E-state index contributed by atoms with van der Waals surface area (Å²) in [4.78, 5) is 24.9. The molecule has 0 unspecified atom stereocenters. The van der Waals surface area contributed by atoms with E-state index in [4.69, 9.17) is 11.6 Å². The van der Waals surface area contributed by atoms with Crippen LogP contribution in [0.25, 0.3) is 10.4 Å². The van der Waals surface area contributed by atoms with E-state index in [0.29, 0.717) is 9.21 Å². The zero-order valence-corrected chi connectivity index (χ0v) is 14.0. The molecular formula is C16H10ClNO3S2. The maximum Gasteiger partial charge on any atom is 0.348 e. The lowest BCUT2D eigenvalue weighted by molar-refractivity contribution is 0.0703. The van der Waals surface area contributed by atoms with Crippen molar-refractivity contribution in [2.75, 3.05) is 5.32 Å². The highest BCUT2D eigenvalue weighted by molar-refractivity contribution is 7.18. The number of hydrogen-bond donors (Lipinski definition) is 2. The summed E-state index contributed by atoms with van der Waals surface area (Å²) in [7, 11) is 0. The number of benzene rings is 1. The van der Waals surface area contributed by atoms with E-state index in [0.717, 1.165) is 33.1 Å². The molecule has 0 atom stereocenters. The molecule has 4 nitrogen and oxygen atoms in total. The van der Waals surface area contributed by atoms with Crippen molar-refractivity contribution < 1.29 is 14.7 Å². The molecule has 2 heterocycles. The van der Waals surface area contributed by atoms with Gasteiger partial charge in [-0.25, -0.2) is 4.79 Å². The molecule has 2 aromatic heterocycles. The second-order valence-electron chi connectivity index (χ2n) is 4.58. The number of rotatable bonds is 4. The maximum atomic E-state index is 12.2. The van der Waals surface area contributed by atoms with Crippen molar-refractivity contribution in [2.45, 2.75) is 0 Å². The first-order valence-electron chi connectivity index (χ1n) is 6.54. The van der Waals surface area contributed by atoms with Gasteiger partial charge < -0.3 is 10.4 Å². The molecule has 116 valence electrons. The van der Waals surface area contributed by atoms with Crippen molar-refractivity contribution in [3.05, 3.63) is 62.6 Å². The van der Waals surface area contributed by atoms with Crippen LogP contribution in [0.2, 0.25) is 4.34 Å². The van der Waals surface area contributed by atoms with Crippen molar-refractivity contribution in [1.29, 1.82) is 0 Å². The number of thiophene rings is 2. The Labute approximate surface area is 145 Å². The maximum absolute atomic E-state index is 12.2. The summed E-state index contributed by atoms with van der Waals surface area (Å²) in [6.45, 7) is 0. The van der Waals surface area contributed by atoms with Gasteiger partial charge in [0, 0.05) is 4.88 Å². The number of nitrogens with one attached hydrogen (secondary N) is 1. The minimum atomic E-state index is -1.07. The summed E-state index contributed by atoms with van der Waals surface area (Å²) < 4.78 is 0.504. The quantitative estimate of drug-likeness (QED) is 0.679. The Morgan fingerprint density at radius 2 is 1.78 bits per heavy atom. The Hall–Kier alpha value is -2.15. The molecule has 0 bridgehead atoms. The second-order valence-corrected chi connectivity index (χ2v) is 7.35. The molecule has 7 heteroatoms. The zero-order chi connectivity index (χ0) is 16.4. The van der Waals surface area contributed by atoms with Crippen molar-refractivity contribution in [3.63, 3.8) is 0 Å². The third-order valence-corrected chi connectivity index (χ3v) is 5.43. The van der Waals surface area contributed by atoms with Gasteiger partial charge >= 0.3 is 5.97 Å². The fourth-order valence-corrected chi connectivity index (χ4v) is 3.90. The van der Waals surface area contributed by atoms with Gasteiger partial charge in [0.2, 0.25) is 0 Å². The summed E-state index contributed by atoms with van der Waals surface area (Å²) >= 11 is 8.09. The van der Waals surface area contributed by atoms with E-state index in [1.165, 1.54) is 0 Å². The lowest BCUT2D eigenvalue weighted by Gasteiger charge is -2.02. The molecule has 0 aliphatic rings. The van der Waals surface area contributed by atoms with E-state index in [1.807, 2.05) is 30.3 Å². The number of hydrogen-bond acceptors (Lipinski definition) is 4. The van der Waals surface area contributed by atoms with Gasteiger partial charge in [-0.1, -0.05) is 41.9 Å². The molecule has 23 heavy (non-hydrogen) atoms. The number of carbonyl (C=O) groups excluding carboxylic acids is 1. The predicted molar refractivity (Wildman–Crippen MR) is 94.0 cm³/mol. The molecule has 0 radical (unpaired) electrons. The Bertz CT molecular complexity index is 871. The molecule has 0 aliphatic carbocycles. The number of aromatic carboxylic acids is 1. The molecule has 1 aromatic carbocycles. The lowest BCUT2D eigenvalue weighted by atomic mass is 10.2. The Morgan fingerprint density at radius 3 is 2.39 bits per heavy atom. The van der Waals surface area contributed by atoms with Crippen LogP contribution in [0, 0.1) is 0 Å². The lowest BCUT2D eigenvalue weighted by Crippen LogP contribution is -2.11. The van der Waals surface area contributed by atoms with Gasteiger partial charge in [0.1, 0.15) is 4.88 Å². The zero-order valence-electron chi connectivity index (χ0n) is 11.6. The van der Waals surface area contributed by atoms with E-state index in [1.54, 1.807) is 18.2 Å². The van der Waals surface area contributed by atoms with Crippen molar-refractivity contribution in [3.8, 4) is 10.4 Å². The summed E-state index contributed by atoms with van der Waals surface area (Å²) in [5, 5.41) is 12.0. The first-order valence-corrected chi connectivity index (χ1v) is 8.55. The molecule has 0 saturated carbocycles. The first-order chi connectivity index (χ1) is 11.0. The third kappa shape index (κ3) is 3.44. The van der Waals surface area contributed by atoms with E-state index in [2.05, 4.69) is 5.32 Å². The molecule has 0 aliphatic heterocycles. The van der Waals surface area contributed by atoms with Gasteiger partial charge in [0.25, 0.3) is 5.91 Å². The fraction of sp³-hybridized carbons (Fsp3) is 0. The normalized spacial score (nSPS) is 10.5. The van der Waals surface area contributed by atoms with Crippen LogP contribution in [0.1, 0.15) is 19.3 Å². The average Bonchev–Trinajstić information content (AvgIpc) is 3.15. The molecule has 0 fully saturated rings. The average molecular weight is 364 g/mol. The number of halogens is 1. The van der Waals surface area contributed by atoms with Crippen molar-refractivity contribution in [2.24, 2.45) is 0 Å². The highest BCUT2D eigenvalue weighted by atomic mass is 35.5.